The zero-order valence-corrected chi connectivity index (χ0v) is 26.1. The zero-order chi connectivity index (χ0) is 31.3. The first-order valence-corrected chi connectivity index (χ1v) is 16.8. The van der Waals surface area contributed by atoms with Gasteiger partial charge in [-0.2, -0.15) is 0 Å². The van der Waals surface area contributed by atoms with Gasteiger partial charge in [0, 0.05) is 39.3 Å². The molecule has 3 aliphatic heterocycles. The van der Waals surface area contributed by atoms with Crippen molar-refractivity contribution in [3.63, 3.8) is 0 Å². The second-order valence-corrected chi connectivity index (χ2v) is 13.1. The Labute approximate surface area is 279 Å². The molecule has 4 nitrogen and oxygen atoms in total. The maximum Gasteiger partial charge on any atom is 0.252 e. The number of hydrogen-bond acceptors (Lipinski definition) is 4. The van der Waals surface area contributed by atoms with Crippen LogP contribution in [0.4, 0.5) is 28.4 Å². The Bertz CT molecular complexity index is 2480. The van der Waals surface area contributed by atoms with Crippen LogP contribution >= 0.6 is 0 Å². The number of benzene rings is 5. The van der Waals surface area contributed by atoms with Crippen LogP contribution in [0.1, 0.15) is 23.3 Å². The van der Waals surface area contributed by atoms with Gasteiger partial charge < -0.3 is 19.0 Å². The molecule has 5 heteroatoms. The van der Waals surface area contributed by atoms with Crippen LogP contribution in [0.25, 0.3) is 22.6 Å². The lowest BCUT2D eigenvalue weighted by Gasteiger charge is -2.45. The molecule has 5 aromatic carbocycles. The van der Waals surface area contributed by atoms with E-state index in [4.69, 9.17) is 9.15 Å². The second-order valence-electron chi connectivity index (χ2n) is 13.1. The van der Waals surface area contributed by atoms with Gasteiger partial charge in [0.05, 0.1) is 11.4 Å². The number of para-hydroxylation sites is 4. The van der Waals surface area contributed by atoms with E-state index in [0.717, 1.165) is 46.9 Å². The second kappa shape index (κ2) is 9.79. The van der Waals surface area contributed by atoms with Crippen LogP contribution in [0.15, 0.2) is 150 Å². The molecule has 0 fully saturated rings. The molecule has 2 bridgehead atoms. The van der Waals surface area contributed by atoms with Gasteiger partial charge in [0.15, 0.2) is 11.7 Å². The monoisotopic (exact) mass is 616 g/mol. The highest BCUT2D eigenvalue weighted by atomic mass is 16.5. The number of furan rings is 1. The molecule has 6 aromatic rings. The predicted octanol–water partition coefficient (Wildman–Crippen LogP) is 8.44. The first kappa shape index (κ1) is 26.2. The largest absolute Gasteiger partial charge is 0.479 e. The molecule has 1 unspecified atom stereocenters. The lowest BCUT2D eigenvalue weighted by molar-refractivity contribution is 0.278. The minimum atomic E-state index is -0.242. The van der Waals surface area contributed by atoms with Gasteiger partial charge in [-0.05, 0) is 89.4 Å². The number of hydrogen-bond donors (Lipinski definition) is 0. The van der Waals surface area contributed by atoms with Crippen molar-refractivity contribution in [1.29, 1.82) is 0 Å². The highest BCUT2D eigenvalue weighted by Gasteiger charge is 2.44. The third kappa shape index (κ3) is 3.51. The van der Waals surface area contributed by atoms with Crippen LogP contribution in [-0.2, 0) is 6.42 Å². The van der Waals surface area contributed by atoms with Crippen molar-refractivity contribution in [3.05, 3.63) is 162 Å². The highest BCUT2D eigenvalue weighted by Crippen LogP contribution is 2.47. The summed E-state index contributed by atoms with van der Waals surface area (Å²) in [7, 11) is 0. The van der Waals surface area contributed by atoms with E-state index in [0.29, 0.717) is 0 Å². The molecule has 11 rings (SSSR count). The van der Waals surface area contributed by atoms with Crippen molar-refractivity contribution in [1.82, 2.24) is 0 Å². The maximum atomic E-state index is 6.76. The Morgan fingerprint density at radius 3 is 2.25 bits per heavy atom. The number of nitrogens with zero attached hydrogens (tertiary/aromatic N) is 2. The SMILES string of the molecule is C1=CC2=CC(Oc3ccccc32)C(N2c3ccccc3B3c4ccccc4N(c4cccc5c6c(oc45)C=CCC6)c4cccc2c43)=C1. The van der Waals surface area contributed by atoms with Crippen LogP contribution in [0, 0.1) is 0 Å². The Morgan fingerprint density at radius 1 is 0.667 bits per heavy atom. The molecular formula is C43H29BN2O2. The molecule has 0 spiro atoms. The van der Waals surface area contributed by atoms with E-state index >= 15 is 0 Å². The summed E-state index contributed by atoms with van der Waals surface area (Å²) >= 11 is 0. The average Bonchev–Trinajstić information content (AvgIpc) is 3.44. The van der Waals surface area contributed by atoms with Crippen molar-refractivity contribution < 1.29 is 9.15 Å². The first-order valence-electron chi connectivity index (χ1n) is 16.8. The number of fused-ring (bicyclic) bond motifs is 10. The number of ether oxygens (including phenoxy) is 1. The number of anilines is 5. The van der Waals surface area contributed by atoms with Crippen LogP contribution in [-0.4, -0.2) is 12.8 Å². The van der Waals surface area contributed by atoms with E-state index in [-0.39, 0.29) is 12.8 Å². The van der Waals surface area contributed by atoms with Gasteiger partial charge in [-0.1, -0.05) is 91.0 Å². The van der Waals surface area contributed by atoms with Crippen molar-refractivity contribution >= 4 is 74.2 Å². The molecule has 4 heterocycles. The molecule has 1 aromatic heterocycles. The van der Waals surface area contributed by atoms with Gasteiger partial charge in [-0.15, -0.1) is 0 Å². The van der Waals surface area contributed by atoms with Crippen LogP contribution in [0.5, 0.6) is 5.75 Å². The third-order valence-electron chi connectivity index (χ3n) is 10.6. The fraction of sp³-hybridized carbons (Fsp3) is 0.0698. The molecule has 5 aliphatic rings. The zero-order valence-electron chi connectivity index (χ0n) is 26.1. The van der Waals surface area contributed by atoms with Gasteiger partial charge in [-0.3, -0.25) is 0 Å². The minimum absolute atomic E-state index is 0.0732. The van der Waals surface area contributed by atoms with Gasteiger partial charge in [-0.25, -0.2) is 0 Å². The van der Waals surface area contributed by atoms with Gasteiger partial charge in [0.1, 0.15) is 11.5 Å². The molecule has 0 radical (unpaired) electrons. The van der Waals surface area contributed by atoms with Gasteiger partial charge >= 0.3 is 0 Å². The van der Waals surface area contributed by atoms with E-state index in [2.05, 4.69) is 155 Å². The van der Waals surface area contributed by atoms with E-state index in [1.807, 2.05) is 0 Å². The molecule has 0 N–H and O–H groups in total. The Morgan fingerprint density at radius 2 is 1.38 bits per heavy atom. The molecule has 48 heavy (non-hydrogen) atoms. The van der Waals surface area contributed by atoms with E-state index in [1.54, 1.807) is 0 Å². The van der Waals surface area contributed by atoms with E-state index in [1.165, 1.54) is 55.7 Å². The highest BCUT2D eigenvalue weighted by molar-refractivity contribution is 7.00. The van der Waals surface area contributed by atoms with Crippen molar-refractivity contribution in [2.45, 2.75) is 18.9 Å². The Hall–Kier alpha value is -5.94. The minimum Gasteiger partial charge on any atom is -0.479 e. The maximum absolute atomic E-state index is 6.76. The molecule has 2 aliphatic carbocycles. The fourth-order valence-corrected chi connectivity index (χ4v) is 8.60. The van der Waals surface area contributed by atoms with Gasteiger partial charge in [0.25, 0.3) is 6.71 Å². The Balaban J connectivity index is 1.16. The topological polar surface area (TPSA) is 28.9 Å². The molecular weight excluding hydrogens is 587 g/mol. The number of rotatable bonds is 2. The summed E-state index contributed by atoms with van der Waals surface area (Å²) < 4.78 is 13.4. The van der Waals surface area contributed by atoms with Crippen molar-refractivity contribution in [2.24, 2.45) is 0 Å². The molecule has 0 amide bonds. The summed E-state index contributed by atoms with van der Waals surface area (Å²) in [5.41, 5.74) is 15.3. The van der Waals surface area contributed by atoms with Crippen LogP contribution in [0.3, 0.4) is 0 Å². The smallest absolute Gasteiger partial charge is 0.252 e. The quantitative estimate of drug-likeness (QED) is 0.182. The third-order valence-corrected chi connectivity index (χ3v) is 10.6. The average molecular weight is 617 g/mol. The van der Waals surface area contributed by atoms with Crippen LogP contribution < -0.4 is 30.9 Å². The van der Waals surface area contributed by atoms with E-state index in [9.17, 15) is 0 Å². The first-order chi connectivity index (χ1) is 23.8. The summed E-state index contributed by atoms with van der Waals surface area (Å²) in [4.78, 5) is 4.88. The predicted molar refractivity (Wildman–Crippen MR) is 198 cm³/mol. The molecule has 226 valence electrons. The standard InChI is InChI=1S/C43H29BN2O2/c1-7-24-39-28(13-1)27-12-9-20-35(41(26-27)47-39)45-33-18-5-3-16-31(33)44-32-17-4-6-19-34(32)46(37-22-11-21-36(45)42(37)44)38-23-10-15-30-29-14-2-8-25-40(29)48-43(30)38/h1,3-13,15-26,41H,2,14H2. The fourth-order valence-electron chi connectivity index (χ4n) is 8.60. The lowest BCUT2D eigenvalue weighted by Crippen LogP contribution is -2.62. The summed E-state index contributed by atoms with van der Waals surface area (Å²) in [6.07, 6.45) is 15.0. The van der Waals surface area contributed by atoms with Crippen molar-refractivity contribution in [3.8, 4) is 5.75 Å². The molecule has 1 atom stereocenters. The Kier molecular flexibility index (Phi) is 5.34. The summed E-state index contributed by atoms with van der Waals surface area (Å²) in [5.74, 6) is 1.90. The summed E-state index contributed by atoms with van der Waals surface area (Å²) in [6.45, 7) is 0.0732. The molecule has 0 saturated heterocycles. The summed E-state index contributed by atoms with van der Waals surface area (Å²) in [5, 5.41) is 1.20. The van der Waals surface area contributed by atoms with Crippen LogP contribution in [0.2, 0.25) is 0 Å². The van der Waals surface area contributed by atoms with Crippen molar-refractivity contribution in [2.75, 3.05) is 9.80 Å². The van der Waals surface area contributed by atoms with Gasteiger partial charge in [0.2, 0.25) is 0 Å². The number of aryl methyl sites for hydroxylation is 1. The summed E-state index contributed by atoms with van der Waals surface area (Å²) in [6, 6.07) is 39.5. The molecule has 0 saturated carbocycles. The van der Waals surface area contributed by atoms with E-state index < -0.39 is 0 Å². The number of allylic oxidation sites excluding steroid dienone is 5. The lowest BCUT2D eigenvalue weighted by atomic mass is 9.33. The normalized spacial score (nSPS) is 17.8.